The van der Waals surface area contributed by atoms with Gasteiger partial charge < -0.3 is 4.90 Å². The molecule has 1 aliphatic heterocycles. The molecule has 5 rings (SSSR count). The lowest BCUT2D eigenvalue weighted by molar-refractivity contribution is -0.132. The topological polar surface area (TPSA) is 66.5 Å². The summed E-state index contributed by atoms with van der Waals surface area (Å²) in [6.07, 6.45) is 1.39. The smallest absolute Gasteiger partial charge is 0.226 e. The van der Waals surface area contributed by atoms with Crippen LogP contribution in [0.1, 0.15) is 31.2 Å². The number of hydrogen-bond donors (Lipinski definition) is 1. The lowest BCUT2D eigenvalue weighted by Gasteiger charge is -2.22. The average Bonchev–Trinajstić information content (AvgIpc) is 3.63. The SMILES string of the molecule is CCS(=O)(=O)N[C@@]12C[C@@H]1CN(C(=O)[C@@H]1C[C@H]1c1ccccc1-c1c(F)cccc1F)C2. The summed E-state index contributed by atoms with van der Waals surface area (Å²) in [6.45, 7) is 2.54. The van der Waals surface area contributed by atoms with E-state index < -0.39 is 27.2 Å². The van der Waals surface area contributed by atoms with Crippen LogP contribution < -0.4 is 4.72 Å². The molecule has 5 nitrogen and oxygen atoms in total. The lowest BCUT2D eigenvalue weighted by atomic mass is 9.95. The number of halogens is 2. The van der Waals surface area contributed by atoms with Crippen LogP contribution in [-0.4, -0.2) is 43.6 Å². The third-order valence-corrected chi connectivity index (χ3v) is 8.37. The second kappa shape index (κ2) is 7.10. The van der Waals surface area contributed by atoms with Gasteiger partial charge in [-0.15, -0.1) is 0 Å². The van der Waals surface area contributed by atoms with E-state index in [0.29, 0.717) is 25.1 Å². The first kappa shape index (κ1) is 20.6. The van der Waals surface area contributed by atoms with Crippen molar-refractivity contribution in [2.75, 3.05) is 18.8 Å². The molecule has 0 spiro atoms. The molecule has 0 bridgehead atoms. The van der Waals surface area contributed by atoms with Gasteiger partial charge in [0, 0.05) is 19.0 Å². The van der Waals surface area contributed by atoms with Crippen molar-refractivity contribution in [3.05, 3.63) is 59.7 Å². The Kier molecular flexibility index (Phi) is 4.71. The normalized spacial score (nSPS) is 29.0. The molecule has 0 radical (unpaired) electrons. The molecule has 1 amide bonds. The molecule has 1 N–H and O–H groups in total. The van der Waals surface area contributed by atoms with Crippen LogP contribution in [-0.2, 0) is 14.8 Å². The van der Waals surface area contributed by atoms with E-state index in [9.17, 15) is 22.0 Å². The van der Waals surface area contributed by atoms with Gasteiger partial charge in [-0.3, -0.25) is 4.79 Å². The molecule has 1 saturated heterocycles. The molecule has 1 heterocycles. The summed E-state index contributed by atoms with van der Waals surface area (Å²) in [5.41, 5.74) is 0.681. The number of amides is 1. The number of hydrogen-bond acceptors (Lipinski definition) is 3. The molecule has 2 aliphatic carbocycles. The third-order valence-electron chi connectivity index (χ3n) is 6.90. The zero-order valence-corrected chi connectivity index (χ0v) is 18.0. The Morgan fingerprint density at radius 1 is 1.16 bits per heavy atom. The van der Waals surface area contributed by atoms with Crippen molar-refractivity contribution in [2.45, 2.75) is 31.2 Å². The molecule has 8 heteroatoms. The van der Waals surface area contributed by atoms with Crippen molar-refractivity contribution in [3.63, 3.8) is 0 Å². The molecule has 31 heavy (non-hydrogen) atoms. The highest BCUT2D eigenvalue weighted by Gasteiger charge is 2.63. The number of benzene rings is 2. The third kappa shape index (κ3) is 3.55. The van der Waals surface area contributed by atoms with E-state index in [2.05, 4.69) is 4.72 Å². The van der Waals surface area contributed by atoms with Gasteiger partial charge in [0.25, 0.3) is 0 Å². The number of carbonyl (C=O) groups excluding carboxylic acids is 1. The van der Waals surface area contributed by atoms with Crippen molar-refractivity contribution in [1.82, 2.24) is 9.62 Å². The van der Waals surface area contributed by atoms with Crippen LogP contribution in [0.15, 0.2) is 42.5 Å². The van der Waals surface area contributed by atoms with Gasteiger partial charge >= 0.3 is 0 Å². The highest BCUT2D eigenvalue weighted by Crippen LogP contribution is 2.55. The molecule has 3 aliphatic rings. The Bertz CT molecular complexity index is 1150. The summed E-state index contributed by atoms with van der Waals surface area (Å²) in [4.78, 5) is 14.9. The summed E-state index contributed by atoms with van der Waals surface area (Å²) in [5.74, 6) is -1.41. The van der Waals surface area contributed by atoms with Crippen molar-refractivity contribution < 1.29 is 22.0 Å². The van der Waals surface area contributed by atoms with Crippen LogP contribution in [0.4, 0.5) is 8.78 Å². The standard InChI is InChI=1S/C23H24F2N2O3S/c1-2-31(29,30)26-23-11-14(23)12-27(13-23)22(28)18-10-17(18)15-6-3-4-7-16(15)21-19(24)8-5-9-20(21)25/h3-9,14,17-18,26H,2,10-13H2,1H3/t14-,17+,18-,23-/m1/s1. The van der Waals surface area contributed by atoms with Gasteiger partial charge in [0.05, 0.1) is 16.9 Å². The van der Waals surface area contributed by atoms with Gasteiger partial charge in [-0.25, -0.2) is 21.9 Å². The van der Waals surface area contributed by atoms with Crippen LogP contribution in [0.5, 0.6) is 0 Å². The second-order valence-corrected chi connectivity index (χ2v) is 10.9. The number of fused-ring (bicyclic) bond motifs is 1. The van der Waals surface area contributed by atoms with Crippen molar-refractivity contribution >= 4 is 15.9 Å². The molecular weight excluding hydrogens is 422 g/mol. The van der Waals surface area contributed by atoms with Crippen molar-refractivity contribution in [3.8, 4) is 11.1 Å². The summed E-state index contributed by atoms with van der Waals surface area (Å²) in [6, 6.07) is 10.9. The van der Waals surface area contributed by atoms with Crippen LogP contribution in [0, 0.1) is 23.5 Å². The monoisotopic (exact) mass is 446 g/mol. The number of rotatable bonds is 6. The number of sulfonamides is 1. The minimum Gasteiger partial charge on any atom is -0.340 e. The minimum absolute atomic E-state index is 0.00363. The molecular formula is C23H24F2N2O3S. The predicted molar refractivity (Wildman–Crippen MR) is 113 cm³/mol. The van der Waals surface area contributed by atoms with Gasteiger partial charge in [0.2, 0.25) is 15.9 Å². The largest absolute Gasteiger partial charge is 0.340 e. The van der Waals surface area contributed by atoms with E-state index in [1.54, 1.807) is 24.0 Å². The summed E-state index contributed by atoms with van der Waals surface area (Å²) in [7, 11) is -3.33. The minimum atomic E-state index is -3.33. The highest BCUT2D eigenvalue weighted by atomic mass is 32.2. The lowest BCUT2D eigenvalue weighted by Crippen LogP contribution is -2.44. The number of nitrogens with one attached hydrogen (secondary N) is 1. The summed E-state index contributed by atoms with van der Waals surface area (Å²) < 4.78 is 55.5. The van der Waals surface area contributed by atoms with E-state index >= 15 is 0 Å². The first-order chi connectivity index (χ1) is 14.7. The van der Waals surface area contributed by atoms with Gasteiger partial charge in [-0.05, 0) is 54.9 Å². The average molecular weight is 447 g/mol. The summed E-state index contributed by atoms with van der Waals surface area (Å²) in [5, 5.41) is 0. The van der Waals surface area contributed by atoms with Gasteiger partial charge in [0.1, 0.15) is 11.6 Å². The summed E-state index contributed by atoms with van der Waals surface area (Å²) >= 11 is 0. The number of piperidine rings is 1. The number of carbonyl (C=O) groups is 1. The fourth-order valence-corrected chi connectivity index (χ4v) is 6.12. The zero-order chi connectivity index (χ0) is 22.0. The Morgan fingerprint density at radius 2 is 1.87 bits per heavy atom. The highest BCUT2D eigenvalue weighted by molar-refractivity contribution is 7.89. The molecule has 0 unspecified atom stereocenters. The molecule has 2 aromatic carbocycles. The molecule has 164 valence electrons. The molecule has 4 atom stereocenters. The van der Waals surface area contributed by atoms with Gasteiger partial charge in [-0.1, -0.05) is 30.3 Å². The maximum absolute atomic E-state index is 14.4. The van der Waals surface area contributed by atoms with E-state index in [1.165, 1.54) is 18.2 Å². The fraction of sp³-hybridized carbons (Fsp3) is 0.435. The first-order valence-corrected chi connectivity index (χ1v) is 12.2. The van der Waals surface area contributed by atoms with Gasteiger partial charge in [0.15, 0.2) is 0 Å². The van der Waals surface area contributed by atoms with Crippen molar-refractivity contribution in [2.24, 2.45) is 11.8 Å². The first-order valence-electron chi connectivity index (χ1n) is 10.6. The molecule has 3 fully saturated rings. The Morgan fingerprint density at radius 3 is 2.58 bits per heavy atom. The van der Waals surface area contributed by atoms with E-state index in [4.69, 9.17) is 0 Å². The maximum atomic E-state index is 14.4. The quantitative estimate of drug-likeness (QED) is 0.741. The maximum Gasteiger partial charge on any atom is 0.226 e. The molecule has 2 aromatic rings. The molecule has 0 aromatic heterocycles. The second-order valence-electron chi connectivity index (χ2n) is 8.91. The predicted octanol–water partition coefficient (Wildman–Crippen LogP) is 3.28. The van der Waals surface area contributed by atoms with Crippen molar-refractivity contribution in [1.29, 1.82) is 0 Å². The number of likely N-dealkylation sites (tertiary alicyclic amines) is 1. The van der Waals surface area contributed by atoms with Crippen LogP contribution in [0.25, 0.3) is 11.1 Å². The number of nitrogens with zero attached hydrogens (tertiary/aromatic N) is 1. The van der Waals surface area contributed by atoms with E-state index in [0.717, 1.165) is 12.0 Å². The van der Waals surface area contributed by atoms with Crippen LogP contribution in [0.3, 0.4) is 0 Å². The van der Waals surface area contributed by atoms with Crippen LogP contribution >= 0.6 is 0 Å². The fourth-order valence-electron chi connectivity index (χ4n) is 5.04. The van der Waals surface area contributed by atoms with E-state index in [1.807, 2.05) is 12.1 Å². The Balaban J connectivity index is 1.33. The molecule has 2 saturated carbocycles. The zero-order valence-electron chi connectivity index (χ0n) is 17.1. The van der Waals surface area contributed by atoms with Gasteiger partial charge in [-0.2, -0.15) is 0 Å². The van der Waals surface area contributed by atoms with Crippen LogP contribution in [0.2, 0.25) is 0 Å². The van der Waals surface area contributed by atoms with E-state index in [-0.39, 0.29) is 35.0 Å². The Labute approximate surface area is 180 Å². The Hall–Kier alpha value is -2.32.